The first-order chi connectivity index (χ1) is 7.19. The van der Waals surface area contributed by atoms with E-state index in [1.165, 1.54) is 16.9 Å². The van der Waals surface area contributed by atoms with E-state index in [4.69, 9.17) is 5.73 Å². The van der Waals surface area contributed by atoms with Gasteiger partial charge < -0.3 is 5.73 Å². The molecule has 2 unspecified atom stereocenters. The van der Waals surface area contributed by atoms with Crippen LogP contribution < -0.4 is 5.73 Å². The van der Waals surface area contributed by atoms with Gasteiger partial charge in [-0.1, -0.05) is 38.5 Å². The fraction of sp³-hybridized carbons (Fsp3) is 0.538. The van der Waals surface area contributed by atoms with Gasteiger partial charge in [0.1, 0.15) is 0 Å². The van der Waals surface area contributed by atoms with E-state index >= 15 is 0 Å². The molecule has 1 nitrogen and oxygen atoms in total. The molecule has 0 saturated carbocycles. The van der Waals surface area contributed by atoms with Gasteiger partial charge in [0, 0.05) is 10.9 Å². The second-order valence-corrected chi connectivity index (χ2v) is 4.95. The van der Waals surface area contributed by atoms with Gasteiger partial charge in [0.15, 0.2) is 0 Å². The van der Waals surface area contributed by atoms with Gasteiger partial charge in [-0.3, -0.25) is 0 Å². The molecule has 0 aliphatic heterocycles. The summed E-state index contributed by atoms with van der Waals surface area (Å²) in [6.07, 6.45) is 4.39. The average molecular weight is 223 g/mol. The van der Waals surface area contributed by atoms with Crippen molar-refractivity contribution in [3.05, 3.63) is 29.8 Å². The third-order valence-electron chi connectivity index (χ3n) is 2.89. The Kier molecular flexibility index (Phi) is 5.20. The predicted octanol–water partition coefficient (Wildman–Crippen LogP) is 3.84. The molecule has 0 bridgehead atoms. The lowest BCUT2D eigenvalue weighted by Gasteiger charge is -2.18. The molecule has 0 radical (unpaired) electrons. The first kappa shape index (κ1) is 12.6. The summed E-state index contributed by atoms with van der Waals surface area (Å²) in [5, 5.41) is 0. The monoisotopic (exact) mass is 223 g/mol. The van der Waals surface area contributed by atoms with Crippen molar-refractivity contribution in [2.24, 2.45) is 11.7 Å². The van der Waals surface area contributed by atoms with E-state index in [2.05, 4.69) is 44.4 Å². The van der Waals surface area contributed by atoms with Crippen molar-refractivity contribution in [3.63, 3.8) is 0 Å². The highest BCUT2D eigenvalue weighted by Gasteiger charge is 2.12. The van der Waals surface area contributed by atoms with Gasteiger partial charge in [-0.2, -0.15) is 0 Å². The van der Waals surface area contributed by atoms with Crippen LogP contribution in [0.1, 0.15) is 38.3 Å². The second kappa shape index (κ2) is 6.19. The summed E-state index contributed by atoms with van der Waals surface area (Å²) in [6.45, 7) is 4.49. The highest BCUT2D eigenvalue weighted by molar-refractivity contribution is 7.98. The fourth-order valence-corrected chi connectivity index (χ4v) is 2.37. The highest BCUT2D eigenvalue weighted by Crippen LogP contribution is 2.28. The Labute approximate surface area is 97.4 Å². The second-order valence-electron chi connectivity index (χ2n) is 4.10. The summed E-state index contributed by atoms with van der Waals surface area (Å²) in [7, 11) is 0. The zero-order valence-corrected chi connectivity index (χ0v) is 10.7. The molecule has 1 aromatic rings. The van der Waals surface area contributed by atoms with Crippen LogP contribution in [-0.4, -0.2) is 6.26 Å². The third-order valence-corrected chi connectivity index (χ3v) is 3.70. The standard InChI is InChI=1S/C13H21NS/c1-4-10(2)9-12(14)11-7-5-6-8-13(11)15-3/h5-8,10,12H,4,9,14H2,1-3H3. The van der Waals surface area contributed by atoms with Crippen molar-refractivity contribution in [2.75, 3.05) is 6.26 Å². The molecule has 0 amide bonds. The summed E-state index contributed by atoms with van der Waals surface area (Å²) in [4.78, 5) is 1.31. The molecule has 2 atom stereocenters. The number of hydrogen-bond acceptors (Lipinski definition) is 2. The largest absolute Gasteiger partial charge is 0.324 e. The van der Waals surface area contributed by atoms with Gasteiger partial charge in [0.2, 0.25) is 0 Å². The normalized spacial score (nSPS) is 14.9. The summed E-state index contributed by atoms with van der Waals surface area (Å²) >= 11 is 1.78. The van der Waals surface area contributed by atoms with Crippen LogP contribution in [0, 0.1) is 5.92 Å². The first-order valence-corrected chi connectivity index (χ1v) is 6.80. The summed E-state index contributed by atoms with van der Waals surface area (Å²) in [5.74, 6) is 0.704. The van der Waals surface area contributed by atoms with Crippen LogP contribution >= 0.6 is 11.8 Å². The van der Waals surface area contributed by atoms with Crippen LogP contribution in [-0.2, 0) is 0 Å². The lowest BCUT2D eigenvalue weighted by atomic mass is 9.95. The van der Waals surface area contributed by atoms with E-state index in [-0.39, 0.29) is 6.04 Å². The minimum atomic E-state index is 0.184. The van der Waals surface area contributed by atoms with Gasteiger partial charge in [-0.05, 0) is 30.2 Å². The van der Waals surface area contributed by atoms with Crippen molar-refractivity contribution < 1.29 is 0 Å². The minimum Gasteiger partial charge on any atom is -0.324 e. The maximum atomic E-state index is 6.23. The number of rotatable bonds is 5. The lowest BCUT2D eigenvalue weighted by Crippen LogP contribution is -2.14. The molecule has 0 aliphatic rings. The first-order valence-electron chi connectivity index (χ1n) is 5.57. The van der Waals surface area contributed by atoms with Crippen LogP contribution in [0.5, 0.6) is 0 Å². The van der Waals surface area contributed by atoms with E-state index in [1.54, 1.807) is 11.8 Å². The van der Waals surface area contributed by atoms with E-state index in [1.807, 2.05) is 0 Å². The van der Waals surface area contributed by atoms with Crippen LogP contribution in [0.25, 0.3) is 0 Å². The van der Waals surface area contributed by atoms with Gasteiger partial charge >= 0.3 is 0 Å². The summed E-state index contributed by atoms with van der Waals surface area (Å²) in [5.41, 5.74) is 7.53. The number of hydrogen-bond donors (Lipinski definition) is 1. The van der Waals surface area contributed by atoms with Gasteiger partial charge in [0.05, 0.1) is 0 Å². The molecule has 1 aromatic carbocycles. The van der Waals surface area contributed by atoms with Crippen LogP contribution in [0.3, 0.4) is 0 Å². The van der Waals surface area contributed by atoms with E-state index < -0.39 is 0 Å². The molecule has 2 N–H and O–H groups in total. The van der Waals surface area contributed by atoms with Crippen molar-refractivity contribution in [1.82, 2.24) is 0 Å². The van der Waals surface area contributed by atoms with Crippen molar-refractivity contribution >= 4 is 11.8 Å². The smallest absolute Gasteiger partial charge is 0.0308 e. The minimum absolute atomic E-state index is 0.184. The Morgan fingerprint density at radius 1 is 1.33 bits per heavy atom. The molecule has 1 rings (SSSR count). The maximum absolute atomic E-state index is 6.23. The molecule has 15 heavy (non-hydrogen) atoms. The lowest BCUT2D eigenvalue weighted by molar-refractivity contribution is 0.458. The molecule has 0 aromatic heterocycles. The Hall–Kier alpha value is -0.470. The Morgan fingerprint density at radius 2 is 2.00 bits per heavy atom. The number of nitrogens with two attached hydrogens (primary N) is 1. The summed E-state index contributed by atoms with van der Waals surface area (Å²) < 4.78 is 0. The molecular formula is C13H21NS. The van der Waals surface area contributed by atoms with Crippen molar-refractivity contribution in [1.29, 1.82) is 0 Å². The molecular weight excluding hydrogens is 202 g/mol. The van der Waals surface area contributed by atoms with Crippen LogP contribution in [0.4, 0.5) is 0 Å². The van der Waals surface area contributed by atoms with E-state index in [9.17, 15) is 0 Å². The van der Waals surface area contributed by atoms with E-state index in [0.717, 1.165) is 6.42 Å². The zero-order chi connectivity index (χ0) is 11.3. The van der Waals surface area contributed by atoms with Crippen LogP contribution in [0.15, 0.2) is 29.2 Å². The van der Waals surface area contributed by atoms with Gasteiger partial charge in [-0.25, -0.2) is 0 Å². The molecule has 2 heteroatoms. The summed E-state index contributed by atoms with van der Waals surface area (Å²) in [6, 6.07) is 8.63. The van der Waals surface area contributed by atoms with Crippen molar-refractivity contribution in [2.45, 2.75) is 37.6 Å². The third kappa shape index (κ3) is 3.54. The molecule has 0 fully saturated rings. The van der Waals surface area contributed by atoms with Crippen molar-refractivity contribution in [3.8, 4) is 0 Å². The molecule has 0 heterocycles. The number of benzene rings is 1. The zero-order valence-electron chi connectivity index (χ0n) is 9.86. The Morgan fingerprint density at radius 3 is 2.60 bits per heavy atom. The molecule has 84 valence electrons. The van der Waals surface area contributed by atoms with Crippen LogP contribution in [0.2, 0.25) is 0 Å². The Balaban J connectivity index is 2.76. The predicted molar refractivity (Wildman–Crippen MR) is 69.2 cm³/mol. The quantitative estimate of drug-likeness (QED) is 0.767. The number of thioether (sulfide) groups is 1. The molecule has 0 aliphatic carbocycles. The fourth-order valence-electron chi connectivity index (χ4n) is 1.70. The molecule has 0 spiro atoms. The maximum Gasteiger partial charge on any atom is 0.0308 e. The SMILES string of the molecule is CCC(C)CC(N)c1ccccc1SC. The van der Waals surface area contributed by atoms with E-state index in [0.29, 0.717) is 5.92 Å². The van der Waals surface area contributed by atoms with Gasteiger partial charge in [-0.15, -0.1) is 11.8 Å². The average Bonchev–Trinajstić information content (AvgIpc) is 2.28. The topological polar surface area (TPSA) is 26.0 Å². The van der Waals surface area contributed by atoms with Gasteiger partial charge in [0.25, 0.3) is 0 Å². The highest BCUT2D eigenvalue weighted by atomic mass is 32.2. The Bertz CT molecular complexity index is 298. The molecule has 0 saturated heterocycles.